The van der Waals surface area contributed by atoms with Crippen molar-refractivity contribution < 1.29 is 134 Å². The molecule has 6 aliphatic heterocycles. The van der Waals surface area contributed by atoms with Crippen LogP contribution in [0.2, 0.25) is 0 Å². The molecule has 640 valence electrons. The third-order valence-corrected chi connectivity index (χ3v) is 19.2. The van der Waals surface area contributed by atoms with Crippen molar-refractivity contribution in [3.8, 4) is 0 Å². The van der Waals surface area contributed by atoms with E-state index in [9.17, 15) is 76.7 Å². The van der Waals surface area contributed by atoms with Crippen LogP contribution in [0.4, 0.5) is 0 Å². The molecule has 0 fully saturated rings. The molecule has 121 heavy (non-hydrogen) atoms. The van der Waals surface area contributed by atoms with E-state index in [4.69, 9.17) is 57.6 Å². The maximum Gasteiger partial charge on any atom is 0.329 e. The molecule has 0 saturated heterocycles. The number of hydrogen-bond acceptors (Lipinski definition) is 27. The molecule has 0 aliphatic carbocycles. The number of hydrogen-bond donors (Lipinski definition) is 3. The number of nitrogens with zero attached hydrogens (tertiary/aromatic N) is 8. The van der Waals surface area contributed by atoms with E-state index in [1.54, 1.807) is 146 Å². The summed E-state index contributed by atoms with van der Waals surface area (Å²) in [5.41, 5.74) is 4.56. The Morgan fingerprint density at radius 3 is 0.620 bits per heavy atom. The Hall–Kier alpha value is -12.4. The van der Waals surface area contributed by atoms with Crippen molar-refractivity contribution in [2.75, 3.05) is 211 Å². The monoisotopic (exact) mass is 1670 g/mol. The molecule has 0 atom stereocenters. The van der Waals surface area contributed by atoms with E-state index in [2.05, 4.69) is 5.32 Å². The van der Waals surface area contributed by atoms with Gasteiger partial charge < -0.3 is 72.7 Å². The van der Waals surface area contributed by atoms with Gasteiger partial charge in [-0.05, 0) is 72.8 Å². The van der Waals surface area contributed by atoms with Crippen LogP contribution in [0.3, 0.4) is 0 Å². The second-order valence-corrected chi connectivity index (χ2v) is 27.0. The predicted octanol–water partition coefficient (Wildman–Crippen LogP) is 2.32. The van der Waals surface area contributed by atoms with Gasteiger partial charge in [0.2, 0.25) is 11.8 Å². The van der Waals surface area contributed by atoms with Crippen LogP contribution in [0.15, 0.2) is 146 Å². The fourth-order valence-electron chi connectivity index (χ4n) is 13.1. The lowest BCUT2D eigenvalue weighted by Gasteiger charge is -2.23. The first-order chi connectivity index (χ1) is 58.7. The maximum absolute atomic E-state index is 12.9. The molecule has 6 aliphatic rings. The predicted molar refractivity (Wildman–Crippen MR) is 420 cm³/mol. The number of carboxylic acid groups (broad SMARTS) is 2. The van der Waals surface area contributed by atoms with E-state index in [-0.39, 0.29) is 241 Å². The number of fused-ring (bicyclic) bond motifs is 6. The van der Waals surface area contributed by atoms with E-state index in [0.717, 1.165) is 19.6 Å². The number of carbonyl (C=O) groups excluding carboxylic acids is 14. The number of carboxylic acids is 2. The summed E-state index contributed by atoms with van der Waals surface area (Å²) in [5, 5.41) is 20.4. The van der Waals surface area contributed by atoms with Gasteiger partial charge in [0.25, 0.3) is 70.9 Å². The van der Waals surface area contributed by atoms with Crippen molar-refractivity contribution in [2.45, 2.75) is 0 Å². The molecule has 3 N–H and O–H groups in total. The maximum atomic E-state index is 12.9. The van der Waals surface area contributed by atoms with Crippen molar-refractivity contribution >= 4 is 94.6 Å². The summed E-state index contributed by atoms with van der Waals surface area (Å²) in [6, 6.07) is 39.9. The third-order valence-electron chi connectivity index (χ3n) is 19.2. The number of amides is 14. The zero-order valence-corrected chi connectivity index (χ0v) is 66.1. The zero-order chi connectivity index (χ0) is 86.2. The standard InChI is InChI=1S/C32H37N3O12.C28H29N3O10.C24H25N3O6/c36-27(21-46-19-17-45-18-20-47-22-28(37)38)33(9-13-43-15-11-34-29(39)23-5-1-2-6-24(23)30(34)40)10-14-44-16-12-35-31(41)25-7-3-4-8-26(25)32(35)42;32-23(17-41-18-24(33)34)29(9-13-39-15-11-30-25(35)19-5-1-2-6-20(19)26(30)36)10-14-40-16-12-31-27(37)21-7-3-4-8-22(21)28(31)38;28-21-17-5-1-2-6-18(17)22(29)26(21)11-15-32-13-9-25-10-14-33-16-12-27-23(30)19-7-3-4-8-20(19)24(27)31/h1-8H,9-22H2,(H,37,38);1-8H,9-18H2,(H,33,34);1-8,25H,9-16H2. The Labute approximate surface area is 693 Å². The Morgan fingerprint density at radius 1 is 0.231 bits per heavy atom. The minimum atomic E-state index is -1.21. The second kappa shape index (κ2) is 46.2. The molecule has 6 heterocycles. The first-order valence-electron chi connectivity index (χ1n) is 38.9. The molecule has 6 aromatic rings. The minimum Gasteiger partial charge on any atom is -0.480 e. The van der Waals surface area contributed by atoms with E-state index in [0.29, 0.717) is 93.1 Å². The van der Waals surface area contributed by atoms with Gasteiger partial charge in [-0.2, -0.15) is 0 Å². The number of rotatable bonds is 50. The highest BCUT2D eigenvalue weighted by molar-refractivity contribution is 6.25. The number of ether oxygens (including phenoxy) is 10. The highest BCUT2D eigenvalue weighted by Gasteiger charge is 2.40. The molecule has 0 bridgehead atoms. The first kappa shape index (κ1) is 90.9. The lowest BCUT2D eigenvalue weighted by molar-refractivity contribution is -0.146. The van der Waals surface area contributed by atoms with E-state index < -0.39 is 37.7 Å². The molecule has 6 aromatic carbocycles. The van der Waals surface area contributed by atoms with Crippen LogP contribution in [0.5, 0.6) is 0 Å². The fourth-order valence-corrected chi connectivity index (χ4v) is 13.1. The average Bonchev–Trinajstić information content (AvgIpc) is 1.69. The highest BCUT2D eigenvalue weighted by atomic mass is 16.6. The smallest absolute Gasteiger partial charge is 0.329 e. The van der Waals surface area contributed by atoms with Crippen LogP contribution < -0.4 is 5.32 Å². The normalized spacial score (nSPS) is 14.2. The lowest BCUT2D eigenvalue weighted by atomic mass is 10.1. The third kappa shape index (κ3) is 24.4. The van der Waals surface area contributed by atoms with Gasteiger partial charge in [-0.15, -0.1) is 0 Å². The zero-order valence-electron chi connectivity index (χ0n) is 66.1. The van der Waals surface area contributed by atoms with E-state index in [1.807, 2.05) is 0 Å². The Morgan fingerprint density at radius 2 is 0.405 bits per heavy atom. The quantitative estimate of drug-likeness (QED) is 0.0364. The number of nitrogens with one attached hydrogen (secondary N) is 1. The van der Waals surface area contributed by atoms with Gasteiger partial charge in [0.15, 0.2) is 0 Å². The molecule has 14 amide bonds. The van der Waals surface area contributed by atoms with E-state index in [1.165, 1.54) is 19.6 Å². The van der Waals surface area contributed by atoms with Crippen molar-refractivity contribution in [3.05, 3.63) is 212 Å². The molecule has 0 unspecified atom stereocenters. The first-order valence-corrected chi connectivity index (χ1v) is 38.9. The largest absolute Gasteiger partial charge is 0.480 e. The summed E-state index contributed by atoms with van der Waals surface area (Å²) in [4.78, 5) is 205. The molecular formula is C84H91N9O28. The Kier molecular flexibility index (Phi) is 34.7. The van der Waals surface area contributed by atoms with Crippen molar-refractivity contribution in [1.29, 1.82) is 0 Å². The van der Waals surface area contributed by atoms with Crippen molar-refractivity contribution in [1.82, 2.24) is 44.5 Å². The molecule has 0 radical (unpaired) electrons. The summed E-state index contributed by atoms with van der Waals surface area (Å²) in [6.07, 6.45) is 0. The van der Waals surface area contributed by atoms with Gasteiger partial charge in [-0.25, -0.2) is 9.59 Å². The average molecular weight is 1670 g/mol. The van der Waals surface area contributed by atoms with Gasteiger partial charge >= 0.3 is 11.9 Å². The summed E-state index contributed by atoms with van der Waals surface area (Å²) < 4.78 is 53.9. The number of aliphatic carboxylic acids is 2. The van der Waals surface area contributed by atoms with Gasteiger partial charge in [-0.1, -0.05) is 72.8 Å². The van der Waals surface area contributed by atoms with Crippen LogP contribution in [-0.4, -0.2) is 355 Å². The van der Waals surface area contributed by atoms with Crippen molar-refractivity contribution in [3.63, 3.8) is 0 Å². The molecule has 0 spiro atoms. The Bertz CT molecular complexity index is 4320. The summed E-state index contributed by atoms with van der Waals surface area (Å²) in [6.45, 7) is 3.23. The summed E-state index contributed by atoms with van der Waals surface area (Å²) in [5.74, 6) is -7.30. The highest BCUT2D eigenvalue weighted by Crippen LogP contribution is 2.28. The summed E-state index contributed by atoms with van der Waals surface area (Å²) >= 11 is 0. The van der Waals surface area contributed by atoms with Gasteiger partial charge in [0.05, 0.1) is 212 Å². The number of carbonyl (C=O) groups is 16. The second-order valence-electron chi connectivity index (χ2n) is 27.0. The van der Waals surface area contributed by atoms with Crippen molar-refractivity contribution in [2.24, 2.45) is 0 Å². The van der Waals surface area contributed by atoms with Crippen LogP contribution in [0.1, 0.15) is 124 Å². The van der Waals surface area contributed by atoms with E-state index >= 15 is 0 Å². The van der Waals surface area contributed by atoms with Gasteiger partial charge in [-0.3, -0.25) is 96.5 Å². The van der Waals surface area contributed by atoms with Gasteiger partial charge in [0.1, 0.15) is 26.4 Å². The van der Waals surface area contributed by atoms with Gasteiger partial charge in [0, 0.05) is 39.3 Å². The molecule has 0 aromatic heterocycles. The van der Waals surface area contributed by atoms with Crippen LogP contribution in [0, 0.1) is 0 Å². The molecule has 0 saturated carbocycles. The molecule has 37 nitrogen and oxygen atoms in total. The number of benzene rings is 6. The fraction of sp³-hybridized carbons (Fsp3) is 0.381. The lowest BCUT2D eigenvalue weighted by Crippen LogP contribution is -2.40. The van der Waals surface area contributed by atoms with Crippen LogP contribution >= 0.6 is 0 Å². The molecule has 12 rings (SSSR count). The summed E-state index contributed by atoms with van der Waals surface area (Å²) in [7, 11) is 0. The SMILES string of the molecule is O=C(O)COCC(=O)N(CCOCCN1C(=O)c2ccccc2C1=O)CCOCCN1C(=O)c2ccccc2C1=O.O=C(O)COCCOCCOCC(=O)N(CCOCCN1C(=O)c2ccccc2C1=O)CCOCCN1C(=O)c2ccccc2C1=O.O=C1c2ccccc2C(=O)N1CCOCCNCCOCCN1C(=O)c2ccccc2C1=O. The number of imide groups is 6. The molecule has 37 heteroatoms. The van der Waals surface area contributed by atoms with Crippen LogP contribution in [-0.2, 0) is 66.5 Å². The Balaban J connectivity index is 0.000000193. The molecular weight excluding hydrogens is 1580 g/mol. The minimum absolute atomic E-state index is 0.0446. The topological polar surface area (TPSA) is 444 Å². The van der Waals surface area contributed by atoms with Crippen LogP contribution in [0.25, 0.3) is 0 Å².